The summed E-state index contributed by atoms with van der Waals surface area (Å²) >= 11 is 3.32. The summed E-state index contributed by atoms with van der Waals surface area (Å²) < 4.78 is 5.50. The van der Waals surface area contributed by atoms with Gasteiger partial charge in [-0.3, -0.25) is 19.7 Å². The first-order chi connectivity index (χ1) is 10.3. The average molecular weight is 371 g/mol. The van der Waals surface area contributed by atoms with Crippen molar-refractivity contribution in [3.05, 3.63) is 50.2 Å². The summed E-state index contributed by atoms with van der Waals surface area (Å²) in [6.45, 7) is 2.24. The van der Waals surface area contributed by atoms with E-state index < -0.39 is 23.9 Å². The topological polar surface area (TPSA) is 98.5 Å². The Morgan fingerprint density at radius 1 is 1.32 bits per heavy atom. The van der Waals surface area contributed by atoms with E-state index in [1.165, 1.54) is 13.8 Å². The number of rotatable bonds is 7. The van der Waals surface area contributed by atoms with Gasteiger partial charge in [0.05, 0.1) is 16.3 Å². The number of Topliss-reactive ketones (excluding diaryl/α,β-unsaturated/α-hetero) is 1. The Morgan fingerprint density at radius 3 is 2.50 bits per heavy atom. The molecule has 0 bridgehead atoms. The predicted molar refractivity (Wildman–Crippen MR) is 83.7 cm³/mol. The first-order valence-corrected chi connectivity index (χ1v) is 7.11. The lowest BCUT2D eigenvalue weighted by atomic mass is 10.3. The summed E-state index contributed by atoms with van der Waals surface area (Å²) in [5, 5.41) is 14.0. The van der Waals surface area contributed by atoms with E-state index in [4.69, 9.17) is 4.74 Å². The highest BCUT2D eigenvalue weighted by Crippen LogP contribution is 2.23. The zero-order valence-corrected chi connectivity index (χ0v) is 13.7. The first-order valence-electron chi connectivity index (χ1n) is 6.32. The molecular formula is C14H15BrN2O5. The zero-order chi connectivity index (χ0) is 16.7. The summed E-state index contributed by atoms with van der Waals surface area (Å²) in [7, 11) is 0. The molecule has 118 valence electrons. The molecule has 7 nitrogen and oxygen atoms in total. The number of hydrogen-bond donors (Lipinski definition) is 1. The molecule has 1 aromatic rings. The number of nitro groups is 1. The number of ketones is 1. The van der Waals surface area contributed by atoms with Crippen molar-refractivity contribution >= 4 is 33.4 Å². The van der Waals surface area contributed by atoms with E-state index in [2.05, 4.69) is 21.2 Å². The fraction of sp³-hybridized carbons (Fsp3) is 0.286. The van der Waals surface area contributed by atoms with Crippen LogP contribution >= 0.6 is 15.9 Å². The van der Waals surface area contributed by atoms with Crippen LogP contribution in [0, 0.1) is 10.1 Å². The van der Waals surface area contributed by atoms with E-state index in [1.54, 1.807) is 18.2 Å². The smallest absolute Gasteiger partial charge is 0.313 e. The fourth-order valence-electron chi connectivity index (χ4n) is 1.54. The highest BCUT2D eigenvalue weighted by molar-refractivity contribution is 9.10. The molecule has 0 amide bonds. The molecule has 8 heteroatoms. The maximum absolute atomic E-state index is 11.3. The number of benzene rings is 1. The van der Waals surface area contributed by atoms with E-state index in [0.717, 1.165) is 4.47 Å². The van der Waals surface area contributed by atoms with Crippen LogP contribution in [0.3, 0.4) is 0 Å². The number of hydrogen-bond acceptors (Lipinski definition) is 6. The Balaban J connectivity index is 2.84. The molecule has 0 spiro atoms. The first kappa shape index (κ1) is 17.8. The van der Waals surface area contributed by atoms with Crippen LogP contribution in [-0.2, 0) is 14.3 Å². The number of nitrogens with one attached hydrogen (secondary N) is 1. The molecule has 0 atom stereocenters. The minimum Gasteiger partial charge on any atom is -0.454 e. The number of carbonyl (C=O) groups is 2. The third kappa shape index (κ3) is 5.65. The Bertz CT molecular complexity index is 627. The molecule has 0 radical (unpaired) electrons. The molecule has 0 aliphatic heterocycles. The number of carbonyl (C=O) groups excluding carboxylic acids is 2. The summed E-state index contributed by atoms with van der Waals surface area (Å²) in [4.78, 5) is 32.5. The van der Waals surface area contributed by atoms with Crippen LogP contribution in [0.2, 0.25) is 0 Å². The van der Waals surface area contributed by atoms with Crippen LogP contribution in [0.5, 0.6) is 0 Å². The molecule has 1 rings (SSSR count). The van der Waals surface area contributed by atoms with Crippen LogP contribution in [0.25, 0.3) is 0 Å². The quantitative estimate of drug-likeness (QED) is 0.343. The standard InChI is InChI=1S/C14H15BrN2O5/c1-9(18)7-14(19)22-8-13(17(20)21)10(2)16-12-6-4-3-5-11(12)15/h3-6,16H,7-8H2,1-2H3. The molecule has 0 unspecified atom stereocenters. The van der Waals surface area contributed by atoms with Crippen LogP contribution < -0.4 is 5.32 Å². The maximum Gasteiger partial charge on any atom is 0.313 e. The molecule has 0 saturated carbocycles. The lowest BCUT2D eigenvalue weighted by molar-refractivity contribution is -0.431. The van der Waals surface area contributed by atoms with Crippen LogP contribution in [0.1, 0.15) is 20.3 Å². The molecule has 0 aliphatic carbocycles. The van der Waals surface area contributed by atoms with Gasteiger partial charge in [-0.2, -0.15) is 0 Å². The number of nitrogens with zero attached hydrogens (tertiary/aromatic N) is 1. The molecule has 0 aliphatic rings. The van der Waals surface area contributed by atoms with Gasteiger partial charge in [0, 0.05) is 4.47 Å². The lowest BCUT2D eigenvalue weighted by Crippen LogP contribution is -2.17. The van der Waals surface area contributed by atoms with Gasteiger partial charge in [-0.15, -0.1) is 0 Å². The van der Waals surface area contributed by atoms with E-state index in [0.29, 0.717) is 5.69 Å². The van der Waals surface area contributed by atoms with Gasteiger partial charge < -0.3 is 10.1 Å². The molecule has 0 aromatic heterocycles. The zero-order valence-electron chi connectivity index (χ0n) is 12.1. The van der Waals surface area contributed by atoms with Gasteiger partial charge >= 0.3 is 11.7 Å². The van der Waals surface area contributed by atoms with E-state index in [9.17, 15) is 19.7 Å². The molecule has 1 aromatic carbocycles. The highest BCUT2D eigenvalue weighted by atomic mass is 79.9. The molecular weight excluding hydrogens is 356 g/mol. The summed E-state index contributed by atoms with van der Waals surface area (Å²) in [5.74, 6) is -1.15. The second kappa shape index (κ2) is 8.28. The Labute approximate surface area is 135 Å². The van der Waals surface area contributed by atoms with E-state index in [-0.39, 0.29) is 17.2 Å². The lowest BCUT2D eigenvalue weighted by Gasteiger charge is -2.10. The second-order valence-electron chi connectivity index (χ2n) is 4.47. The largest absolute Gasteiger partial charge is 0.454 e. The number of halogens is 1. The Kier molecular flexibility index (Phi) is 6.71. The van der Waals surface area contributed by atoms with Gasteiger partial charge in [0.15, 0.2) is 6.61 Å². The fourth-order valence-corrected chi connectivity index (χ4v) is 1.92. The summed E-state index contributed by atoms with van der Waals surface area (Å²) in [5.41, 5.74) is 0.606. The van der Waals surface area contributed by atoms with Crippen molar-refractivity contribution in [1.29, 1.82) is 0 Å². The van der Waals surface area contributed by atoms with Gasteiger partial charge in [0.25, 0.3) is 0 Å². The molecule has 22 heavy (non-hydrogen) atoms. The van der Waals surface area contributed by atoms with Crippen molar-refractivity contribution in [3.8, 4) is 0 Å². The number of anilines is 1. The van der Waals surface area contributed by atoms with Crippen LogP contribution in [0.4, 0.5) is 5.69 Å². The van der Waals surface area contributed by atoms with Gasteiger partial charge in [-0.1, -0.05) is 12.1 Å². The molecule has 1 N–H and O–H groups in total. The Hall–Kier alpha value is -2.22. The number of esters is 1. The van der Waals surface area contributed by atoms with Crippen molar-refractivity contribution in [2.75, 3.05) is 11.9 Å². The van der Waals surface area contributed by atoms with Gasteiger partial charge in [0.1, 0.15) is 12.2 Å². The van der Waals surface area contributed by atoms with Crippen molar-refractivity contribution in [2.24, 2.45) is 0 Å². The normalized spacial score (nSPS) is 11.4. The third-order valence-electron chi connectivity index (χ3n) is 2.61. The second-order valence-corrected chi connectivity index (χ2v) is 5.33. The van der Waals surface area contributed by atoms with E-state index in [1.807, 2.05) is 6.07 Å². The van der Waals surface area contributed by atoms with Crippen molar-refractivity contribution < 1.29 is 19.2 Å². The number of allylic oxidation sites excluding steroid dienone is 1. The monoisotopic (exact) mass is 370 g/mol. The highest BCUT2D eigenvalue weighted by Gasteiger charge is 2.19. The Morgan fingerprint density at radius 2 is 1.95 bits per heavy atom. The van der Waals surface area contributed by atoms with Crippen molar-refractivity contribution in [2.45, 2.75) is 20.3 Å². The minimum absolute atomic E-state index is 0.243. The van der Waals surface area contributed by atoms with Gasteiger partial charge in [0.2, 0.25) is 0 Å². The summed E-state index contributed by atoms with van der Waals surface area (Å²) in [6.07, 6.45) is -0.401. The van der Waals surface area contributed by atoms with Crippen LogP contribution in [0.15, 0.2) is 40.1 Å². The van der Waals surface area contributed by atoms with E-state index >= 15 is 0 Å². The average Bonchev–Trinajstić information content (AvgIpc) is 2.40. The minimum atomic E-state index is -0.791. The summed E-state index contributed by atoms with van der Waals surface area (Å²) in [6, 6.07) is 7.12. The number of para-hydroxylation sites is 1. The van der Waals surface area contributed by atoms with Crippen molar-refractivity contribution in [1.82, 2.24) is 0 Å². The van der Waals surface area contributed by atoms with Gasteiger partial charge in [-0.25, -0.2) is 0 Å². The van der Waals surface area contributed by atoms with Gasteiger partial charge in [-0.05, 0) is 41.9 Å². The third-order valence-corrected chi connectivity index (χ3v) is 3.30. The number of ether oxygens (including phenoxy) is 1. The van der Waals surface area contributed by atoms with Crippen molar-refractivity contribution in [3.63, 3.8) is 0 Å². The predicted octanol–water partition coefficient (Wildman–Crippen LogP) is 2.89. The molecule has 0 fully saturated rings. The molecule has 0 saturated heterocycles. The maximum atomic E-state index is 11.3. The van der Waals surface area contributed by atoms with Crippen LogP contribution in [-0.4, -0.2) is 23.3 Å². The molecule has 0 heterocycles. The SMILES string of the molecule is CC(=O)CC(=O)OCC(=C(C)Nc1ccccc1Br)[N+](=O)[O-].